The van der Waals surface area contributed by atoms with E-state index in [9.17, 15) is 9.59 Å². The maximum absolute atomic E-state index is 12.0. The number of esters is 1. The Bertz CT molecular complexity index is 605. The molecule has 4 nitrogen and oxygen atoms in total. The van der Waals surface area contributed by atoms with E-state index in [1.165, 1.54) is 11.3 Å². The molecule has 0 aliphatic carbocycles. The van der Waals surface area contributed by atoms with Crippen LogP contribution in [0.3, 0.4) is 0 Å². The number of rotatable bonds is 4. The summed E-state index contributed by atoms with van der Waals surface area (Å²) in [5.41, 5.74) is 1.38. The van der Waals surface area contributed by atoms with Crippen LogP contribution in [-0.4, -0.2) is 18.0 Å². The van der Waals surface area contributed by atoms with Gasteiger partial charge in [-0.05, 0) is 37.4 Å². The maximum atomic E-state index is 12.0. The highest BCUT2D eigenvalue weighted by molar-refractivity contribution is 7.08. The Hall–Kier alpha value is -2.14. The summed E-state index contributed by atoms with van der Waals surface area (Å²) in [6.45, 7) is 3.56. The number of nitrogens with one attached hydrogen (secondary N) is 1. The van der Waals surface area contributed by atoms with Gasteiger partial charge in [0.15, 0.2) is 0 Å². The normalized spacial score (nSPS) is 10.3. The number of benzene rings is 1. The Morgan fingerprint density at radius 1 is 1.20 bits per heavy atom. The van der Waals surface area contributed by atoms with E-state index >= 15 is 0 Å². The Morgan fingerprint density at radius 2 is 1.95 bits per heavy atom. The van der Waals surface area contributed by atoms with Gasteiger partial charge < -0.3 is 10.1 Å². The third kappa shape index (κ3) is 3.45. The monoisotopic (exact) mass is 289 g/mol. The van der Waals surface area contributed by atoms with E-state index in [1.54, 1.807) is 49.6 Å². The molecule has 0 unspecified atom stereocenters. The molecule has 0 saturated carbocycles. The van der Waals surface area contributed by atoms with Gasteiger partial charge in [0.1, 0.15) is 0 Å². The van der Waals surface area contributed by atoms with Crippen LogP contribution in [0, 0.1) is 0 Å². The van der Waals surface area contributed by atoms with Gasteiger partial charge in [-0.15, -0.1) is 0 Å². The Kier molecular flexibility index (Phi) is 4.53. The standard InChI is InChI=1S/C15H15NO3S/c1-10(2)19-15(18)12-5-3-4-6-13(12)16-14(17)11-7-8-20-9-11/h3-10H,1-2H3,(H,16,17). The minimum atomic E-state index is -0.443. The van der Waals surface area contributed by atoms with Crippen molar-refractivity contribution in [3.8, 4) is 0 Å². The van der Waals surface area contributed by atoms with Gasteiger partial charge in [-0.1, -0.05) is 12.1 Å². The zero-order valence-corrected chi connectivity index (χ0v) is 12.1. The summed E-state index contributed by atoms with van der Waals surface area (Å²) < 4.78 is 5.16. The minimum Gasteiger partial charge on any atom is -0.459 e. The average molecular weight is 289 g/mol. The predicted molar refractivity (Wildman–Crippen MR) is 79.3 cm³/mol. The van der Waals surface area contributed by atoms with Crippen molar-refractivity contribution in [3.63, 3.8) is 0 Å². The van der Waals surface area contributed by atoms with Crippen LogP contribution < -0.4 is 5.32 Å². The van der Waals surface area contributed by atoms with Crippen molar-refractivity contribution < 1.29 is 14.3 Å². The second-order valence-corrected chi connectivity index (χ2v) is 5.25. The van der Waals surface area contributed by atoms with E-state index in [0.717, 1.165) is 0 Å². The second-order valence-electron chi connectivity index (χ2n) is 4.47. The summed E-state index contributed by atoms with van der Waals surface area (Å²) in [7, 11) is 0. The van der Waals surface area contributed by atoms with E-state index in [1.807, 2.05) is 5.38 Å². The van der Waals surface area contributed by atoms with Crippen molar-refractivity contribution in [1.29, 1.82) is 0 Å². The molecule has 0 saturated heterocycles. The number of carbonyl (C=O) groups excluding carboxylic acids is 2. The smallest absolute Gasteiger partial charge is 0.340 e. The number of amides is 1. The Labute approximate surface area is 121 Å². The van der Waals surface area contributed by atoms with E-state index in [2.05, 4.69) is 5.32 Å². The molecule has 2 rings (SSSR count). The summed E-state index contributed by atoms with van der Waals surface area (Å²) >= 11 is 1.44. The van der Waals surface area contributed by atoms with Gasteiger partial charge in [-0.3, -0.25) is 4.79 Å². The molecular formula is C15H15NO3S. The van der Waals surface area contributed by atoms with Crippen molar-refractivity contribution in [1.82, 2.24) is 0 Å². The third-order valence-electron chi connectivity index (χ3n) is 2.52. The molecule has 1 heterocycles. The lowest BCUT2D eigenvalue weighted by Crippen LogP contribution is -2.17. The molecule has 20 heavy (non-hydrogen) atoms. The van der Waals surface area contributed by atoms with Crippen LogP contribution in [-0.2, 0) is 4.74 Å². The number of hydrogen-bond acceptors (Lipinski definition) is 4. The number of ether oxygens (including phenoxy) is 1. The molecule has 0 aliphatic rings. The van der Waals surface area contributed by atoms with Crippen LogP contribution in [0.1, 0.15) is 34.6 Å². The zero-order valence-electron chi connectivity index (χ0n) is 11.3. The van der Waals surface area contributed by atoms with Crippen molar-refractivity contribution >= 4 is 28.9 Å². The van der Waals surface area contributed by atoms with Crippen molar-refractivity contribution in [2.45, 2.75) is 20.0 Å². The van der Waals surface area contributed by atoms with E-state index < -0.39 is 5.97 Å². The molecule has 0 bridgehead atoms. The van der Waals surface area contributed by atoms with Crippen LogP contribution >= 0.6 is 11.3 Å². The fourth-order valence-corrected chi connectivity index (χ4v) is 2.27. The van der Waals surface area contributed by atoms with Crippen molar-refractivity contribution in [3.05, 3.63) is 52.2 Å². The molecule has 0 spiro atoms. The molecular weight excluding hydrogens is 274 g/mol. The highest BCUT2D eigenvalue weighted by Crippen LogP contribution is 2.18. The first-order valence-electron chi connectivity index (χ1n) is 6.21. The highest BCUT2D eigenvalue weighted by atomic mass is 32.1. The first-order valence-corrected chi connectivity index (χ1v) is 7.16. The average Bonchev–Trinajstić information content (AvgIpc) is 2.92. The number of anilines is 1. The van der Waals surface area contributed by atoms with Gasteiger partial charge in [-0.25, -0.2) is 4.79 Å². The molecule has 1 aromatic heterocycles. The lowest BCUT2D eigenvalue weighted by Gasteiger charge is -2.12. The van der Waals surface area contributed by atoms with E-state index in [0.29, 0.717) is 16.8 Å². The van der Waals surface area contributed by atoms with Crippen molar-refractivity contribution in [2.75, 3.05) is 5.32 Å². The largest absolute Gasteiger partial charge is 0.459 e. The van der Waals surface area contributed by atoms with Gasteiger partial charge in [0.05, 0.1) is 22.9 Å². The zero-order chi connectivity index (χ0) is 14.5. The van der Waals surface area contributed by atoms with Crippen LogP contribution in [0.4, 0.5) is 5.69 Å². The predicted octanol–water partition coefficient (Wildman–Crippen LogP) is 3.57. The molecule has 2 aromatic rings. The molecule has 1 aromatic carbocycles. The number of hydrogen-bond donors (Lipinski definition) is 1. The molecule has 104 valence electrons. The molecule has 0 aliphatic heterocycles. The highest BCUT2D eigenvalue weighted by Gasteiger charge is 2.16. The minimum absolute atomic E-state index is 0.205. The quantitative estimate of drug-likeness (QED) is 0.875. The van der Waals surface area contributed by atoms with Gasteiger partial charge in [0.25, 0.3) is 5.91 Å². The number of para-hydroxylation sites is 1. The fourth-order valence-electron chi connectivity index (χ4n) is 1.64. The third-order valence-corrected chi connectivity index (χ3v) is 3.20. The second kappa shape index (κ2) is 6.34. The molecule has 1 N–H and O–H groups in total. The van der Waals surface area contributed by atoms with Gasteiger partial charge in [-0.2, -0.15) is 11.3 Å². The van der Waals surface area contributed by atoms with Gasteiger partial charge in [0, 0.05) is 5.38 Å². The molecule has 1 amide bonds. The van der Waals surface area contributed by atoms with Crippen LogP contribution in [0.2, 0.25) is 0 Å². The first-order chi connectivity index (χ1) is 9.58. The van der Waals surface area contributed by atoms with E-state index in [4.69, 9.17) is 4.74 Å². The lowest BCUT2D eigenvalue weighted by molar-refractivity contribution is 0.0379. The number of thiophene rings is 1. The first kappa shape index (κ1) is 14.3. The SMILES string of the molecule is CC(C)OC(=O)c1ccccc1NC(=O)c1ccsc1. The summed E-state index contributed by atoms with van der Waals surface area (Å²) in [6, 6.07) is 8.54. The molecule has 0 fully saturated rings. The maximum Gasteiger partial charge on any atom is 0.340 e. The Morgan fingerprint density at radius 3 is 2.60 bits per heavy atom. The molecule has 0 atom stereocenters. The van der Waals surface area contributed by atoms with Gasteiger partial charge in [0.2, 0.25) is 0 Å². The topological polar surface area (TPSA) is 55.4 Å². The summed E-state index contributed by atoms with van der Waals surface area (Å²) in [5, 5.41) is 6.32. The van der Waals surface area contributed by atoms with Crippen LogP contribution in [0.15, 0.2) is 41.1 Å². The molecule has 0 radical (unpaired) electrons. The summed E-state index contributed by atoms with van der Waals surface area (Å²) in [6.07, 6.45) is -0.205. The van der Waals surface area contributed by atoms with Crippen LogP contribution in [0.25, 0.3) is 0 Å². The summed E-state index contributed by atoms with van der Waals surface area (Å²) in [4.78, 5) is 24.0. The van der Waals surface area contributed by atoms with E-state index in [-0.39, 0.29) is 12.0 Å². The lowest BCUT2D eigenvalue weighted by atomic mass is 10.1. The molecule has 5 heteroatoms. The fraction of sp³-hybridized carbons (Fsp3) is 0.200. The number of carbonyl (C=O) groups is 2. The summed E-state index contributed by atoms with van der Waals surface area (Å²) in [5.74, 6) is -0.683. The Balaban J connectivity index is 2.20. The van der Waals surface area contributed by atoms with Gasteiger partial charge >= 0.3 is 5.97 Å². The van der Waals surface area contributed by atoms with Crippen molar-refractivity contribution in [2.24, 2.45) is 0 Å². The van der Waals surface area contributed by atoms with Crippen LogP contribution in [0.5, 0.6) is 0 Å².